The molecule has 0 radical (unpaired) electrons. The summed E-state index contributed by atoms with van der Waals surface area (Å²) < 4.78 is 1.79. The molecule has 0 aliphatic heterocycles. The lowest BCUT2D eigenvalue weighted by molar-refractivity contribution is -0.120. The van der Waals surface area contributed by atoms with Crippen LogP contribution in [0.4, 0.5) is 0 Å². The molecule has 4 nitrogen and oxygen atoms in total. The molecule has 0 aliphatic rings. The fourth-order valence-electron chi connectivity index (χ4n) is 3.44. The molecule has 4 aromatic rings. The summed E-state index contributed by atoms with van der Waals surface area (Å²) in [6, 6.07) is 30.4. The van der Waals surface area contributed by atoms with Crippen molar-refractivity contribution in [1.82, 2.24) is 15.1 Å². The second kappa shape index (κ2) is 9.02. The molecule has 1 amide bonds. The molecule has 0 bridgehead atoms. The van der Waals surface area contributed by atoms with Crippen LogP contribution < -0.4 is 5.32 Å². The van der Waals surface area contributed by atoms with Crippen LogP contribution in [0.2, 0.25) is 0 Å². The number of aromatic nitrogens is 2. The fraction of sp³-hybridized carbons (Fsp3) is 0.120. The first kappa shape index (κ1) is 18.7. The number of hydrogen-bond donors (Lipinski definition) is 1. The van der Waals surface area contributed by atoms with Gasteiger partial charge in [0.05, 0.1) is 18.3 Å². The Morgan fingerprint density at radius 2 is 1.38 bits per heavy atom. The van der Waals surface area contributed by atoms with Crippen LogP contribution in [0.25, 0.3) is 5.69 Å². The zero-order valence-corrected chi connectivity index (χ0v) is 16.1. The predicted molar refractivity (Wildman–Crippen MR) is 115 cm³/mol. The van der Waals surface area contributed by atoms with E-state index >= 15 is 0 Å². The van der Waals surface area contributed by atoms with Gasteiger partial charge in [0.25, 0.3) is 0 Å². The number of nitrogens with one attached hydrogen (secondary N) is 1. The van der Waals surface area contributed by atoms with Gasteiger partial charge in [-0.25, -0.2) is 4.68 Å². The number of amides is 1. The van der Waals surface area contributed by atoms with Crippen LogP contribution in [-0.4, -0.2) is 22.2 Å². The Bertz CT molecular complexity index is 1000. The topological polar surface area (TPSA) is 46.9 Å². The molecule has 29 heavy (non-hydrogen) atoms. The van der Waals surface area contributed by atoms with E-state index in [1.807, 2.05) is 72.9 Å². The summed E-state index contributed by atoms with van der Waals surface area (Å²) in [4.78, 5) is 12.6. The average Bonchev–Trinajstić information content (AvgIpc) is 3.24. The summed E-state index contributed by atoms with van der Waals surface area (Å²) in [6.45, 7) is 0.555. The minimum Gasteiger partial charge on any atom is -0.355 e. The van der Waals surface area contributed by atoms with Crippen molar-refractivity contribution in [2.75, 3.05) is 6.54 Å². The van der Waals surface area contributed by atoms with Crippen molar-refractivity contribution in [1.29, 1.82) is 0 Å². The van der Waals surface area contributed by atoms with E-state index in [-0.39, 0.29) is 11.8 Å². The molecule has 0 atom stereocenters. The Morgan fingerprint density at radius 1 is 0.828 bits per heavy atom. The molecule has 0 saturated carbocycles. The monoisotopic (exact) mass is 381 g/mol. The third kappa shape index (κ3) is 4.79. The van der Waals surface area contributed by atoms with Crippen LogP contribution in [0, 0.1) is 0 Å². The van der Waals surface area contributed by atoms with E-state index < -0.39 is 0 Å². The molecule has 3 aromatic carbocycles. The van der Waals surface area contributed by atoms with Crippen LogP contribution in [0.1, 0.15) is 22.6 Å². The van der Waals surface area contributed by atoms with E-state index in [4.69, 9.17) is 0 Å². The van der Waals surface area contributed by atoms with Crippen molar-refractivity contribution < 1.29 is 4.79 Å². The quantitative estimate of drug-likeness (QED) is 0.517. The first-order valence-corrected chi connectivity index (χ1v) is 9.75. The number of nitrogens with zero attached hydrogens (tertiary/aromatic N) is 2. The largest absolute Gasteiger partial charge is 0.355 e. The molecule has 0 saturated heterocycles. The Balaban J connectivity index is 1.42. The summed E-state index contributed by atoms with van der Waals surface area (Å²) in [5.74, 6) is 0.114. The maximum Gasteiger partial charge on any atom is 0.224 e. The lowest BCUT2D eigenvalue weighted by Gasteiger charge is -2.18. The third-order valence-corrected chi connectivity index (χ3v) is 4.93. The zero-order chi connectivity index (χ0) is 19.9. The summed E-state index contributed by atoms with van der Waals surface area (Å²) in [6.07, 6.45) is 3.96. The van der Waals surface area contributed by atoms with Gasteiger partial charge >= 0.3 is 0 Å². The van der Waals surface area contributed by atoms with Crippen LogP contribution in [-0.2, 0) is 11.2 Å². The van der Waals surface area contributed by atoms with Crippen molar-refractivity contribution in [3.8, 4) is 5.69 Å². The molecule has 0 spiro atoms. The molecule has 1 aromatic heterocycles. The maximum atomic E-state index is 12.6. The van der Waals surface area contributed by atoms with Crippen molar-refractivity contribution in [3.05, 3.63) is 120 Å². The summed E-state index contributed by atoms with van der Waals surface area (Å²) in [5.41, 5.74) is 4.25. The summed E-state index contributed by atoms with van der Waals surface area (Å²) >= 11 is 0. The van der Waals surface area contributed by atoms with Gasteiger partial charge < -0.3 is 5.32 Å². The molecule has 0 unspecified atom stereocenters. The van der Waals surface area contributed by atoms with E-state index in [1.54, 1.807) is 10.9 Å². The lowest BCUT2D eigenvalue weighted by atomic mass is 9.91. The van der Waals surface area contributed by atoms with Crippen LogP contribution in [0.3, 0.4) is 0 Å². The van der Waals surface area contributed by atoms with Gasteiger partial charge in [0.2, 0.25) is 5.91 Å². The van der Waals surface area contributed by atoms with E-state index in [0.717, 1.165) is 11.3 Å². The van der Waals surface area contributed by atoms with Crippen molar-refractivity contribution >= 4 is 5.91 Å². The molecular formula is C25H23N3O. The number of carbonyl (C=O) groups is 1. The first-order valence-electron chi connectivity index (χ1n) is 9.75. The first-order chi connectivity index (χ1) is 14.3. The van der Waals surface area contributed by atoms with Crippen molar-refractivity contribution in [2.45, 2.75) is 12.3 Å². The van der Waals surface area contributed by atoms with Crippen LogP contribution in [0.15, 0.2) is 103 Å². The molecule has 1 N–H and O–H groups in total. The Morgan fingerprint density at radius 3 is 1.97 bits per heavy atom. The molecular weight excluding hydrogens is 358 g/mol. The minimum atomic E-state index is -0.00512. The van der Waals surface area contributed by atoms with Gasteiger partial charge in [-0.05, 0) is 28.8 Å². The normalized spacial score (nSPS) is 10.8. The van der Waals surface area contributed by atoms with Gasteiger partial charge in [-0.15, -0.1) is 0 Å². The standard InChI is InChI=1S/C25H23N3O/c29-25(16-20-17-27-28(19-20)23-14-8-3-9-15-23)26-18-24(21-10-4-1-5-11-21)22-12-6-2-7-13-22/h1-15,17,19,24H,16,18H2,(H,26,29). The van der Waals surface area contributed by atoms with Gasteiger partial charge in [-0.3, -0.25) is 4.79 Å². The molecule has 0 aliphatic carbocycles. The van der Waals surface area contributed by atoms with Gasteiger partial charge in [-0.2, -0.15) is 5.10 Å². The Hall–Kier alpha value is -3.66. The van der Waals surface area contributed by atoms with E-state index in [0.29, 0.717) is 13.0 Å². The van der Waals surface area contributed by atoms with Crippen LogP contribution >= 0.6 is 0 Å². The zero-order valence-electron chi connectivity index (χ0n) is 16.1. The highest BCUT2D eigenvalue weighted by atomic mass is 16.1. The van der Waals surface area contributed by atoms with Crippen LogP contribution in [0.5, 0.6) is 0 Å². The van der Waals surface area contributed by atoms with Crippen molar-refractivity contribution in [3.63, 3.8) is 0 Å². The summed E-state index contributed by atoms with van der Waals surface area (Å²) in [5, 5.41) is 7.47. The third-order valence-electron chi connectivity index (χ3n) is 4.93. The maximum absolute atomic E-state index is 12.6. The smallest absolute Gasteiger partial charge is 0.224 e. The van der Waals surface area contributed by atoms with Gasteiger partial charge in [-0.1, -0.05) is 78.9 Å². The Kier molecular flexibility index (Phi) is 5.81. The Labute approximate surface area is 170 Å². The SMILES string of the molecule is O=C(Cc1cnn(-c2ccccc2)c1)NCC(c1ccccc1)c1ccccc1. The number of benzene rings is 3. The van der Waals surface area contributed by atoms with E-state index in [1.165, 1.54) is 11.1 Å². The number of hydrogen-bond acceptors (Lipinski definition) is 2. The average molecular weight is 381 g/mol. The molecule has 144 valence electrons. The van der Waals surface area contributed by atoms with Gasteiger partial charge in [0.15, 0.2) is 0 Å². The van der Waals surface area contributed by atoms with Gasteiger partial charge in [0, 0.05) is 18.7 Å². The van der Waals surface area contributed by atoms with E-state index in [9.17, 15) is 4.79 Å². The fourth-order valence-corrected chi connectivity index (χ4v) is 3.44. The highest BCUT2D eigenvalue weighted by Gasteiger charge is 2.15. The van der Waals surface area contributed by atoms with Gasteiger partial charge in [0.1, 0.15) is 0 Å². The second-order valence-corrected chi connectivity index (χ2v) is 6.98. The number of rotatable bonds is 7. The lowest BCUT2D eigenvalue weighted by Crippen LogP contribution is -2.30. The highest BCUT2D eigenvalue weighted by molar-refractivity contribution is 5.78. The molecule has 4 heteroatoms. The number of para-hydroxylation sites is 1. The predicted octanol–water partition coefficient (Wildman–Crippen LogP) is 4.36. The van der Waals surface area contributed by atoms with E-state index in [2.05, 4.69) is 34.7 Å². The molecule has 1 heterocycles. The summed E-state index contributed by atoms with van der Waals surface area (Å²) in [7, 11) is 0. The second-order valence-electron chi connectivity index (χ2n) is 6.98. The highest BCUT2D eigenvalue weighted by Crippen LogP contribution is 2.23. The number of carbonyl (C=O) groups excluding carboxylic acids is 1. The minimum absolute atomic E-state index is 0.00512. The van der Waals surface area contributed by atoms with Crippen molar-refractivity contribution in [2.24, 2.45) is 0 Å². The molecule has 0 fully saturated rings. The molecule has 4 rings (SSSR count).